The number of aromatic nitrogens is 4. The Labute approximate surface area is 179 Å². The van der Waals surface area contributed by atoms with Gasteiger partial charge in [0.1, 0.15) is 17.5 Å². The molecule has 0 spiro atoms. The van der Waals surface area contributed by atoms with Gasteiger partial charge in [0.2, 0.25) is 0 Å². The number of halogens is 1. The van der Waals surface area contributed by atoms with Gasteiger partial charge < -0.3 is 19.9 Å². The molecule has 0 unspecified atom stereocenters. The molecule has 4 aromatic rings. The van der Waals surface area contributed by atoms with E-state index < -0.39 is 0 Å². The van der Waals surface area contributed by atoms with E-state index in [9.17, 15) is 4.39 Å². The standard InChI is InChI=1S/C23H23FN6O/c24-17-12-19(18-4-7-26-20(18)13-17)23-28-21(27-6-3-16-2-1-5-25-15-16)14-22(29-23)30-8-10-31-11-9-30/h1-2,4-5,7,12-15,26H,3,6,8-11H2,(H,27,28,29). The van der Waals surface area contributed by atoms with Gasteiger partial charge in [0, 0.05) is 60.8 Å². The molecule has 2 N–H and O–H groups in total. The fourth-order valence-electron chi connectivity index (χ4n) is 3.80. The largest absolute Gasteiger partial charge is 0.378 e. The topological polar surface area (TPSA) is 79.0 Å². The number of aromatic amines is 1. The predicted molar refractivity (Wildman–Crippen MR) is 119 cm³/mol. The van der Waals surface area contributed by atoms with Crippen LogP contribution in [0.3, 0.4) is 0 Å². The summed E-state index contributed by atoms with van der Waals surface area (Å²) in [5, 5.41) is 4.29. The van der Waals surface area contributed by atoms with Crippen molar-refractivity contribution in [2.75, 3.05) is 43.1 Å². The maximum atomic E-state index is 14.3. The molecule has 0 bridgehead atoms. The molecular weight excluding hydrogens is 395 g/mol. The first kappa shape index (κ1) is 19.4. The summed E-state index contributed by atoms with van der Waals surface area (Å²) in [6, 6.07) is 10.8. The number of fused-ring (bicyclic) bond motifs is 1. The van der Waals surface area contributed by atoms with Gasteiger partial charge in [-0.1, -0.05) is 6.07 Å². The normalized spacial score (nSPS) is 14.2. The highest BCUT2D eigenvalue weighted by Gasteiger charge is 2.17. The molecule has 1 fully saturated rings. The van der Waals surface area contributed by atoms with Gasteiger partial charge in [-0.3, -0.25) is 4.98 Å². The van der Waals surface area contributed by atoms with Crippen molar-refractivity contribution in [3.05, 3.63) is 66.4 Å². The Morgan fingerprint density at radius 3 is 2.87 bits per heavy atom. The molecule has 1 saturated heterocycles. The summed E-state index contributed by atoms with van der Waals surface area (Å²) >= 11 is 0. The number of hydrogen-bond acceptors (Lipinski definition) is 6. The zero-order valence-electron chi connectivity index (χ0n) is 17.0. The van der Waals surface area contributed by atoms with Crippen LogP contribution in [0, 0.1) is 5.82 Å². The lowest BCUT2D eigenvalue weighted by Gasteiger charge is -2.28. The van der Waals surface area contributed by atoms with Crippen molar-refractivity contribution in [2.24, 2.45) is 0 Å². The zero-order chi connectivity index (χ0) is 21.0. The average Bonchev–Trinajstić information content (AvgIpc) is 3.28. The van der Waals surface area contributed by atoms with E-state index in [0.717, 1.165) is 41.8 Å². The lowest BCUT2D eigenvalue weighted by molar-refractivity contribution is 0.122. The molecule has 0 amide bonds. The molecule has 4 heterocycles. The number of pyridine rings is 1. The maximum Gasteiger partial charge on any atom is 0.164 e. The predicted octanol–water partition coefficient (Wildman–Crippen LogP) is 3.65. The summed E-state index contributed by atoms with van der Waals surface area (Å²) in [4.78, 5) is 18.9. The minimum absolute atomic E-state index is 0.323. The van der Waals surface area contributed by atoms with Gasteiger partial charge >= 0.3 is 0 Å². The van der Waals surface area contributed by atoms with Gasteiger partial charge in [0.15, 0.2) is 5.82 Å². The highest BCUT2D eigenvalue weighted by Crippen LogP contribution is 2.30. The first-order chi connectivity index (χ1) is 15.3. The summed E-state index contributed by atoms with van der Waals surface area (Å²) in [5.41, 5.74) is 2.54. The Balaban J connectivity index is 1.49. The van der Waals surface area contributed by atoms with Crippen LogP contribution in [0.5, 0.6) is 0 Å². The third-order valence-electron chi connectivity index (χ3n) is 5.36. The van der Waals surface area contributed by atoms with Crippen molar-refractivity contribution in [2.45, 2.75) is 6.42 Å². The molecule has 0 atom stereocenters. The molecule has 158 valence electrons. The second-order valence-electron chi connectivity index (χ2n) is 7.46. The van der Waals surface area contributed by atoms with Crippen molar-refractivity contribution in [3.8, 4) is 11.4 Å². The SMILES string of the molecule is Fc1cc(-c2nc(NCCc3cccnc3)cc(N3CCOCC3)n2)c2cc[nH]c2c1. The van der Waals surface area contributed by atoms with Crippen LogP contribution in [0.2, 0.25) is 0 Å². The summed E-state index contributed by atoms with van der Waals surface area (Å²) in [5.74, 6) is 1.70. The van der Waals surface area contributed by atoms with E-state index in [1.165, 1.54) is 12.1 Å². The van der Waals surface area contributed by atoms with Gasteiger partial charge in [0.25, 0.3) is 0 Å². The zero-order valence-corrected chi connectivity index (χ0v) is 17.0. The molecular formula is C23H23FN6O. The van der Waals surface area contributed by atoms with Gasteiger partial charge in [-0.15, -0.1) is 0 Å². The van der Waals surface area contributed by atoms with Crippen LogP contribution in [-0.2, 0) is 11.2 Å². The highest BCUT2D eigenvalue weighted by molar-refractivity contribution is 5.93. The molecule has 0 aliphatic carbocycles. The first-order valence-electron chi connectivity index (χ1n) is 10.4. The van der Waals surface area contributed by atoms with Crippen LogP contribution in [0.25, 0.3) is 22.3 Å². The third-order valence-corrected chi connectivity index (χ3v) is 5.36. The van der Waals surface area contributed by atoms with Crippen molar-refractivity contribution < 1.29 is 9.13 Å². The van der Waals surface area contributed by atoms with Crippen LogP contribution in [0.1, 0.15) is 5.56 Å². The number of hydrogen-bond donors (Lipinski definition) is 2. The number of nitrogens with zero attached hydrogens (tertiary/aromatic N) is 4. The quantitative estimate of drug-likeness (QED) is 0.498. The van der Waals surface area contributed by atoms with Crippen molar-refractivity contribution >= 4 is 22.5 Å². The number of benzene rings is 1. The van der Waals surface area contributed by atoms with Crippen molar-refractivity contribution in [1.82, 2.24) is 19.9 Å². The van der Waals surface area contributed by atoms with E-state index in [4.69, 9.17) is 14.7 Å². The number of rotatable bonds is 6. The van der Waals surface area contributed by atoms with Crippen LogP contribution >= 0.6 is 0 Å². The molecule has 1 aliphatic rings. The fraction of sp³-hybridized carbons (Fsp3) is 0.261. The lowest BCUT2D eigenvalue weighted by Crippen LogP contribution is -2.36. The molecule has 31 heavy (non-hydrogen) atoms. The van der Waals surface area contributed by atoms with E-state index >= 15 is 0 Å². The first-order valence-corrected chi connectivity index (χ1v) is 10.4. The van der Waals surface area contributed by atoms with E-state index in [2.05, 4.69) is 26.3 Å². The summed E-state index contributed by atoms with van der Waals surface area (Å²) < 4.78 is 19.8. The minimum Gasteiger partial charge on any atom is -0.378 e. The van der Waals surface area contributed by atoms with Gasteiger partial charge in [-0.25, -0.2) is 14.4 Å². The van der Waals surface area contributed by atoms with E-state index in [0.29, 0.717) is 37.0 Å². The molecule has 3 aromatic heterocycles. The van der Waals surface area contributed by atoms with Crippen LogP contribution in [0.4, 0.5) is 16.0 Å². The minimum atomic E-state index is -0.323. The third kappa shape index (κ3) is 4.34. The molecule has 1 aromatic carbocycles. The maximum absolute atomic E-state index is 14.3. The van der Waals surface area contributed by atoms with Crippen LogP contribution in [0.15, 0.2) is 55.0 Å². The molecule has 0 saturated carbocycles. The Morgan fingerprint density at radius 2 is 2.03 bits per heavy atom. The van der Waals surface area contributed by atoms with Crippen LogP contribution < -0.4 is 10.2 Å². The number of anilines is 2. The van der Waals surface area contributed by atoms with E-state index in [1.807, 2.05) is 24.4 Å². The monoisotopic (exact) mass is 418 g/mol. The highest BCUT2D eigenvalue weighted by atomic mass is 19.1. The number of nitrogens with one attached hydrogen (secondary N) is 2. The second-order valence-corrected chi connectivity index (χ2v) is 7.46. The summed E-state index contributed by atoms with van der Waals surface area (Å²) in [7, 11) is 0. The summed E-state index contributed by atoms with van der Waals surface area (Å²) in [6.07, 6.45) is 6.25. The smallest absolute Gasteiger partial charge is 0.164 e. The molecule has 7 nitrogen and oxygen atoms in total. The van der Waals surface area contributed by atoms with Crippen molar-refractivity contribution in [3.63, 3.8) is 0 Å². The molecule has 1 aliphatic heterocycles. The molecule has 5 rings (SSSR count). The Morgan fingerprint density at radius 1 is 1.13 bits per heavy atom. The average molecular weight is 418 g/mol. The summed E-state index contributed by atoms with van der Waals surface area (Å²) in [6.45, 7) is 3.53. The number of ether oxygens (including phenoxy) is 1. The molecule has 8 heteroatoms. The lowest BCUT2D eigenvalue weighted by atomic mass is 10.1. The van der Waals surface area contributed by atoms with Crippen LogP contribution in [-0.4, -0.2) is 52.8 Å². The molecule has 0 radical (unpaired) electrons. The van der Waals surface area contributed by atoms with Gasteiger partial charge in [-0.05, 0) is 36.2 Å². The second kappa shape index (κ2) is 8.69. The Bertz CT molecular complexity index is 1170. The number of H-pyrrole nitrogens is 1. The Hall–Kier alpha value is -3.52. The van der Waals surface area contributed by atoms with E-state index in [1.54, 1.807) is 12.4 Å². The van der Waals surface area contributed by atoms with Crippen molar-refractivity contribution in [1.29, 1.82) is 0 Å². The fourth-order valence-corrected chi connectivity index (χ4v) is 3.80. The number of morpholine rings is 1. The Kier molecular flexibility index (Phi) is 5.45. The van der Waals surface area contributed by atoms with Gasteiger partial charge in [-0.2, -0.15) is 0 Å². The van der Waals surface area contributed by atoms with E-state index in [-0.39, 0.29) is 5.82 Å². The van der Waals surface area contributed by atoms with Gasteiger partial charge in [0.05, 0.1) is 13.2 Å².